The number of hydrogen-bond donors (Lipinski definition) is 1. The van der Waals surface area contributed by atoms with E-state index >= 15 is 0 Å². The maximum absolute atomic E-state index is 6.17. The van der Waals surface area contributed by atoms with Crippen LogP contribution >= 0.6 is 0 Å². The Morgan fingerprint density at radius 1 is 1.17 bits per heavy atom. The summed E-state index contributed by atoms with van der Waals surface area (Å²) in [6.07, 6.45) is 8.64. The smallest absolute Gasteiger partial charge is 0.0516 e. The lowest BCUT2D eigenvalue weighted by molar-refractivity contribution is 0.302. The molecule has 0 amide bonds. The Hall–Kier alpha value is -1.28. The zero-order valence-electron chi connectivity index (χ0n) is 11.2. The number of hydrogen-bond acceptors (Lipinski definition) is 1. The molecule has 1 heterocycles. The van der Waals surface area contributed by atoms with E-state index in [0.717, 1.165) is 6.54 Å². The number of nitrogens with two attached hydrogens (primary N) is 1. The molecule has 2 N–H and O–H groups in total. The van der Waals surface area contributed by atoms with Crippen LogP contribution in [0.3, 0.4) is 0 Å². The van der Waals surface area contributed by atoms with Crippen molar-refractivity contribution < 1.29 is 0 Å². The Balaban J connectivity index is 2.20. The van der Waals surface area contributed by atoms with Gasteiger partial charge in [-0.25, -0.2) is 0 Å². The largest absolute Gasteiger partial charge is 0.350 e. The molecule has 0 radical (unpaired) electrons. The maximum Gasteiger partial charge on any atom is 0.0516 e. The second-order valence-corrected chi connectivity index (χ2v) is 5.72. The monoisotopic (exact) mass is 242 g/mol. The van der Waals surface area contributed by atoms with Gasteiger partial charge in [-0.1, -0.05) is 37.5 Å². The molecule has 1 aromatic carbocycles. The number of aromatic nitrogens is 1. The fourth-order valence-corrected chi connectivity index (χ4v) is 3.60. The van der Waals surface area contributed by atoms with Gasteiger partial charge in [0.05, 0.1) is 5.52 Å². The van der Waals surface area contributed by atoms with E-state index in [1.807, 2.05) is 0 Å². The molecule has 1 aliphatic rings. The second-order valence-electron chi connectivity index (χ2n) is 5.72. The molecule has 2 nitrogen and oxygen atoms in total. The van der Waals surface area contributed by atoms with Crippen molar-refractivity contribution in [1.29, 1.82) is 0 Å². The lowest BCUT2D eigenvalue weighted by Gasteiger charge is -2.37. The van der Waals surface area contributed by atoms with Crippen LogP contribution in [0.15, 0.2) is 30.5 Å². The molecule has 1 saturated carbocycles. The minimum Gasteiger partial charge on any atom is -0.350 e. The topological polar surface area (TPSA) is 30.9 Å². The van der Waals surface area contributed by atoms with E-state index in [1.54, 1.807) is 0 Å². The molecule has 3 rings (SSSR count). The molecule has 1 fully saturated rings. The Morgan fingerprint density at radius 2 is 1.94 bits per heavy atom. The zero-order chi connectivity index (χ0) is 12.6. The first-order valence-corrected chi connectivity index (χ1v) is 7.01. The molecule has 0 bridgehead atoms. The molecular formula is C16H22N2. The number of fused-ring (bicyclic) bond motifs is 1. The summed E-state index contributed by atoms with van der Waals surface area (Å²) >= 11 is 0. The fraction of sp³-hybridized carbons (Fsp3) is 0.500. The van der Waals surface area contributed by atoms with Crippen molar-refractivity contribution in [1.82, 2.24) is 4.57 Å². The molecule has 2 heteroatoms. The SMILES string of the molecule is Cn1ccc2cccc(C3(CN)CCCCC3)c21. The number of benzene rings is 1. The molecule has 1 aliphatic carbocycles. The predicted octanol–water partition coefficient (Wildman–Crippen LogP) is 3.34. The standard InChI is InChI=1S/C16H22N2/c1-18-11-8-13-6-5-7-14(15(13)18)16(12-17)9-3-2-4-10-16/h5-8,11H,2-4,9-10,12,17H2,1H3. The van der Waals surface area contributed by atoms with Crippen molar-refractivity contribution in [2.45, 2.75) is 37.5 Å². The summed E-state index contributed by atoms with van der Waals surface area (Å²) < 4.78 is 2.25. The lowest BCUT2D eigenvalue weighted by Crippen LogP contribution is -2.37. The molecule has 96 valence electrons. The molecule has 2 aromatic rings. The van der Waals surface area contributed by atoms with E-state index in [-0.39, 0.29) is 5.41 Å². The van der Waals surface area contributed by atoms with Crippen molar-refractivity contribution in [3.8, 4) is 0 Å². The van der Waals surface area contributed by atoms with Gasteiger partial charge in [0.25, 0.3) is 0 Å². The highest BCUT2D eigenvalue weighted by atomic mass is 14.9. The Bertz CT molecular complexity index is 547. The normalized spacial score (nSPS) is 19.2. The highest BCUT2D eigenvalue weighted by molar-refractivity contribution is 5.84. The lowest BCUT2D eigenvalue weighted by atomic mass is 9.69. The van der Waals surface area contributed by atoms with Gasteiger partial charge >= 0.3 is 0 Å². The van der Waals surface area contributed by atoms with Crippen molar-refractivity contribution in [3.05, 3.63) is 36.0 Å². The predicted molar refractivity (Wildman–Crippen MR) is 76.7 cm³/mol. The average molecular weight is 242 g/mol. The minimum absolute atomic E-state index is 0.212. The molecule has 18 heavy (non-hydrogen) atoms. The summed E-state index contributed by atoms with van der Waals surface area (Å²) in [6, 6.07) is 8.88. The third kappa shape index (κ3) is 1.67. The Morgan fingerprint density at radius 3 is 2.67 bits per heavy atom. The molecular weight excluding hydrogens is 220 g/mol. The van der Waals surface area contributed by atoms with E-state index in [9.17, 15) is 0 Å². The third-order valence-corrected chi connectivity index (χ3v) is 4.67. The molecule has 0 unspecified atom stereocenters. The van der Waals surface area contributed by atoms with Gasteiger partial charge in [-0.2, -0.15) is 0 Å². The van der Waals surface area contributed by atoms with Crippen LogP contribution in [0.5, 0.6) is 0 Å². The van der Waals surface area contributed by atoms with Crippen LogP contribution in [0, 0.1) is 0 Å². The molecule has 0 saturated heterocycles. The summed E-state index contributed by atoms with van der Waals surface area (Å²) in [7, 11) is 2.14. The van der Waals surface area contributed by atoms with Crippen LogP contribution in [-0.4, -0.2) is 11.1 Å². The van der Waals surface area contributed by atoms with Crippen LogP contribution in [0.4, 0.5) is 0 Å². The Kier molecular flexibility index (Phi) is 2.90. The van der Waals surface area contributed by atoms with E-state index in [2.05, 4.69) is 42.1 Å². The van der Waals surface area contributed by atoms with E-state index < -0.39 is 0 Å². The summed E-state index contributed by atoms with van der Waals surface area (Å²) in [5, 5.41) is 1.34. The van der Waals surface area contributed by atoms with Crippen molar-refractivity contribution in [2.75, 3.05) is 6.54 Å². The molecule has 0 aliphatic heterocycles. The highest BCUT2D eigenvalue weighted by Crippen LogP contribution is 2.41. The van der Waals surface area contributed by atoms with E-state index in [4.69, 9.17) is 5.73 Å². The van der Waals surface area contributed by atoms with Crippen LogP contribution < -0.4 is 5.73 Å². The summed E-state index contributed by atoms with van der Waals surface area (Å²) in [4.78, 5) is 0. The van der Waals surface area contributed by atoms with Crippen LogP contribution in [0.1, 0.15) is 37.7 Å². The maximum atomic E-state index is 6.17. The molecule has 0 spiro atoms. The first kappa shape index (κ1) is 11.8. The van der Waals surface area contributed by atoms with Crippen LogP contribution in [-0.2, 0) is 12.5 Å². The van der Waals surface area contributed by atoms with Gasteiger partial charge in [0.1, 0.15) is 0 Å². The number of aryl methyl sites for hydroxylation is 1. The summed E-state index contributed by atoms with van der Waals surface area (Å²) in [5.41, 5.74) is 9.23. The summed E-state index contributed by atoms with van der Waals surface area (Å²) in [6.45, 7) is 0.775. The van der Waals surface area contributed by atoms with Gasteiger partial charge in [-0.05, 0) is 29.9 Å². The van der Waals surface area contributed by atoms with Crippen molar-refractivity contribution in [3.63, 3.8) is 0 Å². The van der Waals surface area contributed by atoms with Gasteiger partial charge in [-0.3, -0.25) is 0 Å². The van der Waals surface area contributed by atoms with Gasteiger partial charge in [0, 0.05) is 25.2 Å². The minimum atomic E-state index is 0.212. The van der Waals surface area contributed by atoms with Crippen molar-refractivity contribution in [2.24, 2.45) is 12.8 Å². The fourth-order valence-electron chi connectivity index (χ4n) is 3.60. The van der Waals surface area contributed by atoms with Gasteiger partial charge in [0.2, 0.25) is 0 Å². The van der Waals surface area contributed by atoms with E-state index in [0.29, 0.717) is 0 Å². The van der Waals surface area contributed by atoms with Crippen LogP contribution in [0.2, 0.25) is 0 Å². The Labute approximate surface area is 109 Å². The van der Waals surface area contributed by atoms with Gasteiger partial charge < -0.3 is 10.3 Å². The number of para-hydroxylation sites is 1. The molecule has 1 aromatic heterocycles. The van der Waals surface area contributed by atoms with Gasteiger partial charge in [0.15, 0.2) is 0 Å². The molecule has 0 atom stereocenters. The quantitative estimate of drug-likeness (QED) is 0.860. The average Bonchev–Trinajstić information content (AvgIpc) is 2.81. The van der Waals surface area contributed by atoms with E-state index in [1.165, 1.54) is 48.6 Å². The highest BCUT2D eigenvalue weighted by Gasteiger charge is 2.34. The second kappa shape index (κ2) is 4.43. The number of rotatable bonds is 2. The first-order chi connectivity index (χ1) is 8.77. The van der Waals surface area contributed by atoms with Gasteiger partial charge in [-0.15, -0.1) is 0 Å². The number of nitrogens with zero attached hydrogens (tertiary/aromatic N) is 1. The summed E-state index contributed by atoms with van der Waals surface area (Å²) in [5.74, 6) is 0. The third-order valence-electron chi connectivity index (χ3n) is 4.67. The zero-order valence-corrected chi connectivity index (χ0v) is 11.2. The first-order valence-electron chi connectivity index (χ1n) is 7.01. The van der Waals surface area contributed by atoms with Crippen LogP contribution in [0.25, 0.3) is 10.9 Å². The van der Waals surface area contributed by atoms with Crippen molar-refractivity contribution >= 4 is 10.9 Å².